The summed E-state index contributed by atoms with van der Waals surface area (Å²) >= 11 is 12.4. The number of carbonyl (C=O) groups excluding carboxylic acids is 2. The van der Waals surface area contributed by atoms with E-state index in [0.29, 0.717) is 40.1 Å². The Balaban J connectivity index is 1.57. The number of hydrogen-bond donors (Lipinski definition) is 3. The standard InChI is InChI=1S/C20H20Cl2N4O3/c21-16-4-2-1-3-15(16)20(28)26-9-7-14(8-10-26)24-19-17(22)11-13(12-23-19)5-6-18(27)25-29/h1-6,11-12,14,29H,7-10H2,(H,23,24)(H,25,27). The van der Waals surface area contributed by atoms with Crippen molar-refractivity contribution >= 4 is 46.9 Å². The van der Waals surface area contributed by atoms with Gasteiger partial charge in [0.15, 0.2) is 0 Å². The van der Waals surface area contributed by atoms with Gasteiger partial charge in [0, 0.05) is 31.4 Å². The molecule has 29 heavy (non-hydrogen) atoms. The van der Waals surface area contributed by atoms with Gasteiger partial charge in [-0.15, -0.1) is 0 Å². The fourth-order valence-corrected chi connectivity index (χ4v) is 3.53. The number of anilines is 1. The van der Waals surface area contributed by atoms with Crippen molar-refractivity contribution in [1.29, 1.82) is 0 Å². The van der Waals surface area contributed by atoms with Crippen molar-refractivity contribution in [1.82, 2.24) is 15.4 Å². The smallest absolute Gasteiger partial charge is 0.267 e. The minimum Gasteiger partial charge on any atom is -0.366 e. The number of amides is 2. The van der Waals surface area contributed by atoms with Gasteiger partial charge in [-0.1, -0.05) is 35.3 Å². The zero-order chi connectivity index (χ0) is 20.8. The van der Waals surface area contributed by atoms with Crippen LogP contribution in [-0.2, 0) is 4.79 Å². The molecule has 0 aliphatic carbocycles. The molecule has 0 spiro atoms. The van der Waals surface area contributed by atoms with Gasteiger partial charge in [0.1, 0.15) is 5.82 Å². The molecule has 1 aliphatic rings. The molecule has 1 aliphatic heterocycles. The summed E-state index contributed by atoms with van der Waals surface area (Å²) in [4.78, 5) is 29.8. The van der Waals surface area contributed by atoms with Crippen LogP contribution >= 0.6 is 23.2 Å². The van der Waals surface area contributed by atoms with Gasteiger partial charge >= 0.3 is 0 Å². The number of benzene rings is 1. The number of pyridine rings is 1. The SMILES string of the molecule is O=C(C=Cc1cnc(NC2CCN(C(=O)c3ccccc3Cl)CC2)c(Cl)c1)NO. The molecule has 1 aromatic carbocycles. The third kappa shape index (κ3) is 5.47. The monoisotopic (exact) mass is 434 g/mol. The molecule has 9 heteroatoms. The van der Waals surface area contributed by atoms with Crippen molar-refractivity contribution in [2.24, 2.45) is 0 Å². The minimum atomic E-state index is -0.638. The molecule has 7 nitrogen and oxygen atoms in total. The molecule has 0 saturated carbocycles. The lowest BCUT2D eigenvalue weighted by atomic mass is 10.0. The van der Waals surface area contributed by atoms with Gasteiger partial charge in [0.25, 0.3) is 11.8 Å². The van der Waals surface area contributed by atoms with E-state index in [1.807, 2.05) is 0 Å². The Bertz CT molecular complexity index is 928. The third-order valence-electron chi connectivity index (χ3n) is 4.63. The second-order valence-electron chi connectivity index (χ2n) is 6.60. The van der Waals surface area contributed by atoms with Crippen LogP contribution in [0.2, 0.25) is 10.0 Å². The highest BCUT2D eigenvalue weighted by atomic mass is 35.5. The molecule has 1 saturated heterocycles. The highest BCUT2D eigenvalue weighted by Gasteiger charge is 2.25. The average molecular weight is 435 g/mol. The molecule has 2 amide bonds. The summed E-state index contributed by atoms with van der Waals surface area (Å²) in [6.07, 6.45) is 5.75. The van der Waals surface area contributed by atoms with Gasteiger partial charge in [0.2, 0.25) is 0 Å². The van der Waals surface area contributed by atoms with Crippen LogP contribution in [0.4, 0.5) is 5.82 Å². The van der Waals surface area contributed by atoms with E-state index in [9.17, 15) is 9.59 Å². The first-order valence-corrected chi connectivity index (χ1v) is 9.81. The molecule has 0 unspecified atom stereocenters. The third-order valence-corrected chi connectivity index (χ3v) is 5.24. The Labute approximate surface area is 178 Å². The van der Waals surface area contributed by atoms with Crippen molar-refractivity contribution in [3.8, 4) is 0 Å². The van der Waals surface area contributed by atoms with E-state index in [0.717, 1.165) is 12.8 Å². The maximum atomic E-state index is 12.6. The van der Waals surface area contributed by atoms with E-state index in [2.05, 4.69) is 10.3 Å². The first-order chi connectivity index (χ1) is 14.0. The maximum absolute atomic E-state index is 12.6. The number of likely N-dealkylation sites (tertiary alicyclic amines) is 1. The summed E-state index contributed by atoms with van der Waals surface area (Å²) in [7, 11) is 0. The number of nitrogens with zero attached hydrogens (tertiary/aromatic N) is 2. The fraction of sp³-hybridized carbons (Fsp3) is 0.250. The molecular weight excluding hydrogens is 415 g/mol. The van der Waals surface area contributed by atoms with Gasteiger partial charge in [-0.05, 0) is 42.7 Å². The molecule has 152 valence electrons. The van der Waals surface area contributed by atoms with Gasteiger partial charge in [-0.2, -0.15) is 0 Å². The molecule has 0 radical (unpaired) electrons. The molecule has 3 rings (SSSR count). The molecule has 2 aromatic rings. The summed E-state index contributed by atoms with van der Waals surface area (Å²) in [5, 5.41) is 12.7. The van der Waals surface area contributed by atoms with Crippen molar-refractivity contribution in [2.45, 2.75) is 18.9 Å². The molecule has 1 fully saturated rings. The Morgan fingerprint density at radius 3 is 2.55 bits per heavy atom. The highest BCUT2D eigenvalue weighted by Crippen LogP contribution is 2.25. The van der Waals surface area contributed by atoms with E-state index in [4.69, 9.17) is 28.4 Å². The summed E-state index contributed by atoms with van der Waals surface area (Å²) in [5.74, 6) is -0.152. The van der Waals surface area contributed by atoms with Crippen LogP contribution in [0.1, 0.15) is 28.8 Å². The van der Waals surface area contributed by atoms with E-state index < -0.39 is 5.91 Å². The summed E-state index contributed by atoms with van der Waals surface area (Å²) < 4.78 is 0. The summed E-state index contributed by atoms with van der Waals surface area (Å²) in [5.41, 5.74) is 2.66. The molecule has 0 bridgehead atoms. The number of hydrogen-bond acceptors (Lipinski definition) is 5. The number of aromatic nitrogens is 1. The van der Waals surface area contributed by atoms with E-state index >= 15 is 0 Å². The minimum absolute atomic E-state index is 0.0618. The van der Waals surface area contributed by atoms with Gasteiger partial charge in [0.05, 0.1) is 15.6 Å². The van der Waals surface area contributed by atoms with Gasteiger partial charge in [-0.25, -0.2) is 10.5 Å². The lowest BCUT2D eigenvalue weighted by Crippen LogP contribution is -2.42. The zero-order valence-corrected chi connectivity index (χ0v) is 17.0. The second-order valence-corrected chi connectivity index (χ2v) is 7.41. The van der Waals surface area contributed by atoms with Gasteiger partial charge < -0.3 is 10.2 Å². The van der Waals surface area contributed by atoms with Crippen LogP contribution in [0.3, 0.4) is 0 Å². The first kappa shape index (κ1) is 21.1. The van der Waals surface area contributed by atoms with Crippen molar-refractivity contribution in [2.75, 3.05) is 18.4 Å². The summed E-state index contributed by atoms with van der Waals surface area (Å²) in [6.45, 7) is 1.22. The van der Waals surface area contributed by atoms with E-state index in [1.54, 1.807) is 41.4 Å². The Hall–Kier alpha value is -2.61. The number of nitrogens with one attached hydrogen (secondary N) is 2. The van der Waals surface area contributed by atoms with E-state index in [-0.39, 0.29) is 11.9 Å². The van der Waals surface area contributed by atoms with Crippen molar-refractivity contribution < 1.29 is 14.8 Å². The predicted octanol–water partition coefficient (Wildman–Crippen LogP) is 3.62. The van der Waals surface area contributed by atoms with Crippen LogP contribution in [0.15, 0.2) is 42.6 Å². The number of hydroxylamine groups is 1. The Kier molecular flexibility index (Phi) is 7.09. The molecule has 0 atom stereocenters. The molecule has 3 N–H and O–H groups in total. The van der Waals surface area contributed by atoms with E-state index in [1.165, 1.54) is 17.6 Å². The molecular formula is C20H20Cl2N4O3. The second kappa shape index (κ2) is 9.73. The number of halogens is 2. The topological polar surface area (TPSA) is 94.6 Å². The van der Waals surface area contributed by atoms with Crippen LogP contribution < -0.4 is 10.8 Å². The number of piperidine rings is 1. The number of rotatable bonds is 5. The van der Waals surface area contributed by atoms with Gasteiger partial charge in [-0.3, -0.25) is 14.8 Å². The zero-order valence-electron chi connectivity index (χ0n) is 15.4. The lowest BCUT2D eigenvalue weighted by Gasteiger charge is -2.33. The fourth-order valence-electron chi connectivity index (χ4n) is 3.08. The normalized spacial score (nSPS) is 14.8. The quantitative estimate of drug-likeness (QED) is 0.379. The van der Waals surface area contributed by atoms with Crippen LogP contribution in [-0.4, -0.2) is 46.0 Å². The first-order valence-electron chi connectivity index (χ1n) is 9.06. The maximum Gasteiger partial charge on any atom is 0.267 e. The Morgan fingerprint density at radius 2 is 1.90 bits per heavy atom. The van der Waals surface area contributed by atoms with Crippen molar-refractivity contribution in [3.05, 3.63) is 63.8 Å². The summed E-state index contributed by atoms with van der Waals surface area (Å²) in [6, 6.07) is 8.86. The highest BCUT2D eigenvalue weighted by molar-refractivity contribution is 6.34. The van der Waals surface area contributed by atoms with Crippen molar-refractivity contribution in [3.63, 3.8) is 0 Å². The van der Waals surface area contributed by atoms with Crippen LogP contribution in [0.5, 0.6) is 0 Å². The molecule has 1 aromatic heterocycles. The predicted molar refractivity (Wildman–Crippen MR) is 112 cm³/mol. The largest absolute Gasteiger partial charge is 0.366 e. The lowest BCUT2D eigenvalue weighted by molar-refractivity contribution is -0.124. The molecule has 2 heterocycles. The van der Waals surface area contributed by atoms with Crippen LogP contribution in [0.25, 0.3) is 6.08 Å². The average Bonchev–Trinajstić information content (AvgIpc) is 2.74. The number of carbonyl (C=O) groups is 2. The van der Waals surface area contributed by atoms with Crippen LogP contribution in [0, 0.1) is 0 Å². The Morgan fingerprint density at radius 1 is 1.17 bits per heavy atom.